The molecule has 2 aliphatic rings. The highest BCUT2D eigenvalue weighted by molar-refractivity contribution is 6.36. The van der Waals surface area contributed by atoms with E-state index in [1.54, 1.807) is 6.07 Å². The van der Waals surface area contributed by atoms with Crippen LogP contribution in [0.15, 0.2) is 29.7 Å². The van der Waals surface area contributed by atoms with Crippen LogP contribution < -0.4 is 15.2 Å². The Morgan fingerprint density at radius 3 is 2.28 bits per heavy atom. The number of hydrogen-bond acceptors (Lipinski definition) is 10. The fraction of sp³-hybridized carbons (Fsp3) is 0.318. The monoisotopic (exact) mass is 443 g/mol. The molecule has 1 saturated carbocycles. The van der Waals surface area contributed by atoms with Gasteiger partial charge in [0.15, 0.2) is 11.7 Å². The Morgan fingerprint density at radius 2 is 1.69 bits per heavy atom. The summed E-state index contributed by atoms with van der Waals surface area (Å²) in [5.41, 5.74) is -0.458. The molecule has 0 heterocycles. The molecule has 0 radical (unpaired) electrons. The summed E-state index contributed by atoms with van der Waals surface area (Å²) in [6, 6.07) is 4.42. The predicted molar refractivity (Wildman–Crippen MR) is 110 cm³/mol. The number of carbonyl (C=O) groups is 3. The third-order valence-corrected chi connectivity index (χ3v) is 6.13. The average Bonchev–Trinajstić information content (AvgIpc) is 2.74. The van der Waals surface area contributed by atoms with Crippen molar-refractivity contribution in [2.45, 2.75) is 24.0 Å². The molecule has 2 atom stereocenters. The zero-order chi connectivity index (χ0) is 23.6. The number of nitrogens with two attached hydrogens (primary N) is 1. The van der Waals surface area contributed by atoms with Gasteiger partial charge in [-0.25, -0.2) is 0 Å². The summed E-state index contributed by atoms with van der Waals surface area (Å²) >= 11 is 0. The molecule has 168 valence electrons. The molecule has 1 fully saturated rings. The van der Waals surface area contributed by atoms with Crippen molar-refractivity contribution in [3.63, 3.8) is 0 Å². The van der Waals surface area contributed by atoms with Gasteiger partial charge in [-0.3, -0.25) is 14.4 Å². The van der Waals surface area contributed by atoms with Crippen LogP contribution in [-0.2, 0) is 20.7 Å². The number of carbonyl (C=O) groups excluding carboxylic acids is 3. The molecular formula is C22H21NO9. The lowest BCUT2D eigenvalue weighted by molar-refractivity contribution is -0.168. The summed E-state index contributed by atoms with van der Waals surface area (Å²) in [6.07, 6.45) is -1.14. The molecule has 2 aromatic carbocycles. The first kappa shape index (κ1) is 21.6. The molecule has 10 heteroatoms. The summed E-state index contributed by atoms with van der Waals surface area (Å²) in [7, 11) is 3.80. The molecule has 0 saturated heterocycles. The first-order valence-electron chi connectivity index (χ1n) is 9.56. The molecule has 0 spiro atoms. The van der Waals surface area contributed by atoms with Crippen LogP contribution in [0, 0.1) is 0 Å². The first-order chi connectivity index (χ1) is 15.0. The molecule has 2 aromatic rings. The highest BCUT2D eigenvalue weighted by Crippen LogP contribution is 2.50. The predicted octanol–water partition coefficient (Wildman–Crippen LogP) is 0.122. The zero-order valence-corrected chi connectivity index (χ0v) is 17.5. The summed E-state index contributed by atoms with van der Waals surface area (Å²) in [6.45, 7) is 0. The van der Waals surface area contributed by atoms with Crippen LogP contribution in [0.3, 0.4) is 0 Å². The molecule has 0 unspecified atom stereocenters. The largest absolute Gasteiger partial charge is 0.507 e. The number of ether oxygens (including phenoxy) is 3. The minimum Gasteiger partial charge on any atom is -0.507 e. The fourth-order valence-electron chi connectivity index (χ4n) is 4.58. The van der Waals surface area contributed by atoms with Gasteiger partial charge in [-0.1, -0.05) is 0 Å². The van der Waals surface area contributed by atoms with E-state index in [1.807, 2.05) is 0 Å². The smallest absolute Gasteiger partial charge is 0.220 e. The van der Waals surface area contributed by atoms with Gasteiger partial charge in [0, 0.05) is 18.9 Å². The van der Waals surface area contributed by atoms with Crippen LogP contribution >= 0.6 is 0 Å². The number of Topliss-reactive ketones (excluding diaryl/α,β-unsaturated/α-hetero) is 3. The summed E-state index contributed by atoms with van der Waals surface area (Å²) in [4.78, 5) is 39.3. The number of aliphatic hydroxyl groups is 2. The van der Waals surface area contributed by atoms with Gasteiger partial charge in [0.05, 0.1) is 32.3 Å². The third kappa shape index (κ3) is 2.56. The molecule has 4 rings (SSSR count). The number of phenols is 1. The van der Waals surface area contributed by atoms with Gasteiger partial charge in [0.2, 0.25) is 17.2 Å². The van der Waals surface area contributed by atoms with Crippen LogP contribution in [0.4, 0.5) is 0 Å². The Hall–Kier alpha value is -3.63. The molecule has 0 amide bonds. The van der Waals surface area contributed by atoms with E-state index in [0.717, 1.165) is 7.11 Å². The average molecular weight is 443 g/mol. The molecular weight excluding hydrogens is 422 g/mol. The van der Waals surface area contributed by atoms with Crippen molar-refractivity contribution < 1.29 is 43.9 Å². The summed E-state index contributed by atoms with van der Waals surface area (Å²) in [5, 5.41) is 33.7. The van der Waals surface area contributed by atoms with E-state index in [1.165, 1.54) is 26.4 Å². The van der Waals surface area contributed by atoms with Crippen LogP contribution in [0.2, 0.25) is 0 Å². The lowest BCUT2D eigenvalue weighted by Crippen LogP contribution is -2.71. The number of methoxy groups -OCH3 is 3. The Morgan fingerprint density at radius 1 is 1.00 bits per heavy atom. The molecule has 10 nitrogen and oxygen atoms in total. The number of aromatic hydroxyl groups is 1. The number of benzene rings is 2. The second kappa shape index (κ2) is 6.94. The second-order valence-corrected chi connectivity index (χ2v) is 7.81. The number of rotatable bonds is 3. The van der Waals surface area contributed by atoms with Gasteiger partial charge in [0.25, 0.3) is 0 Å². The summed E-state index contributed by atoms with van der Waals surface area (Å²) < 4.78 is 15.3. The number of ketones is 3. The van der Waals surface area contributed by atoms with Gasteiger partial charge < -0.3 is 35.3 Å². The molecule has 0 bridgehead atoms. The SMILES string of the molecule is CO/C(N)=C1\C(=O)C[C@@]2(O)Cc3cc4cc(OC)cc(O)c4c(OC)c3C(=O)[C@@]2(O)C1=O. The van der Waals surface area contributed by atoms with Crippen molar-refractivity contribution in [2.24, 2.45) is 5.73 Å². The standard InChI is InChI=1S/C22H21NO9/c1-30-11-5-9-4-10-7-21(28)8-13(25)16(20(23)32-3)19(27)22(21,29)18(26)15(10)17(31-2)14(9)12(24)6-11/h4-6,24,28-29H,7-8,23H2,1-3H3/b20-16+/t21-,22+/m0/s1. The first-order valence-corrected chi connectivity index (χ1v) is 9.56. The van der Waals surface area contributed by atoms with Gasteiger partial charge >= 0.3 is 0 Å². The van der Waals surface area contributed by atoms with Crippen LogP contribution in [-0.4, -0.2) is 65.2 Å². The topological polar surface area (TPSA) is 166 Å². The quantitative estimate of drug-likeness (QED) is 0.222. The minimum atomic E-state index is -3.00. The lowest BCUT2D eigenvalue weighted by atomic mass is 9.59. The molecule has 0 aromatic heterocycles. The number of phenolic OH excluding ortho intramolecular Hbond substituents is 1. The van der Waals surface area contributed by atoms with Crippen molar-refractivity contribution >= 4 is 28.1 Å². The Labute approximate surface area is 181 Å². The van der Waals surface area contributed by atoms with Crippen molar-refractivity contribution in [3.05, 3.63) is 40.8 Å². The van der Waals surface area contributed by atoms with Crippen LogP contribution in [0.5, 0.6) is 17.2 Å². The van der Waals surface area contributed by atoms with Crippen molar-refractivity contribution in [3.8, 4) is 17.2 Å². The number of fused-ring (bicyclic) bond motifs is 3. The Bertz CT molecular complexity index is 1250. The fourth-order valence-corrected chi connectivity index (χ4v) is 4.58. The van der Waals surface area contributed by atoms with E-state index in [9.17, 15) is 29.7 Å². The minimum absolute atomic E-state index is 0.0897. The highest BCUT2D eigenvalue weighted by atomic mass is 16.5. The molecule has 2 aliphatic carbocycles. The van der Waals surface area contributed by atoms with E-state index in [4.69, 9.17) is 19.9 Å². The summed E-state index contributed by atoms with van der Waals surface area (Å²) in [5.74, 6) is -3.96. The maximum atomic E-state index is 13.6. The Balaban J connectivity index is 2.05. The van der Waals surface area contributed by atoms with E-state index >= 15 is 0 Å². The lowest BCUT2D eigenvalue weighted by Gasteiger charge is -2.47. The van der Waals surface area contributed by atoms with Crippen molar-refractivity contribution in [2.75, 3.05) is 21.3 Å². The zero-order valence-electron chi connectivity index (χ0n) is 17.5. The number of hydrogen-bond donors (Lipinski definition) is 4. The second-order valence-electron chi connectivity index (χ2n) is 7.81. The maximum Gasteiger partial charge on any atom is 0.220 e. The van der Waals surface area contributed by atoms with Gasteiger partial charge in [-0.2, -0.15) is 0 Å². The normalized spacial score (nSPS) is 26.5. The van der Waals surface area contributed by atoms with E-state index in [2.05, 4.69) is 0 Å². The van der Waals surface area contributed by atoms with Crippen molar-refractivity contribution in [1.82, 2.24) is 0 Å². The molecule has 32 heavy (non-hydrogen) atoms. The van der Waals surface area contributed by atoms with Crippen molar-refractivity contribution in [1.29, 1.82) is 0 Å². The van der Waals surface area contributed by atoms with Gasteiger partial charge in [-0.15, -0.1) is 0 Å². The molecule has 5 N–H and O–H groups in total. The van der Waals surface area contributed by atoms with E-state index in [0.29, 0.717) is 11.1 Å². The van der Waals surface area contributed by atoms with Crippen LogP contribution in [0.1, 0.15) is 22.3 Å². The van der Waals surface area contributed by atoms with Crippen LogP contribution in [0.25, 0.3) is 10.8 Å². The Kier molecular flexibility index (Phi) is 4.68. The highest BCUT2D eigenvalue weighted by Gasteiger charge is 2.68. The maximum absolute atomic E-state index is 13.6. The van der Waals surface area contributed by atoms with Gasteiger partial charge in [-0.05, 0) is 23.1 Å². The van der Waals surface area contributed by atoms with E-state index < -0.39 is 52.8 Å². The van der Waals surface area contributed by atoms with Gasteiger partial charge in [0.1, 0.15) is 28.4 Å². The molecule has 0 aliphatic heterocycles. The van der Waals surface area contributed by atoms with E-state index in [-0.39, 0.29) is 28.0 Å². The third-order valence-electron chi connectivity index (χ3n) is 6.13.